The average molecular weight is 316 g/mol. The van der Waals surface area contributed by atoms with Gasteiger partial charge < -0.3 is 19.1 Å². The van der Waals surface area contributed by atoms with Crippen LogP contribution in [0.2, 0.25) is 0 Å². The standard InChI is InChI=1S/C17H20N2O4/c1-19(11-13-7-5-6-8-18-13)17(20)12-9-14(21-2)16(23-4)15(10-12)22-3/h5-10H,11H2,1-4H3. The quantitative estimate of drug-likeness (QED) is 0.819. The van der Waals surface area contributed by atoms with Gasteiger partial charge in [-0.1, -0.05) is 6.07 Å². The summed E-state index contributed by atoms with van der Waals surface area (Å²) in [4.78, 5) is 18.4. The zero-order valence-electron chi connectivity index (χ0n) is 13.7. The maximum atomic E-state index is 12.6. The van der Waals surface area contributed by atoms with Gasteiger partial charge in [-0.3, -0.25) is 9.78 Å². The van der Waals surface area contributed by atoms with E-state index in [1.54, 1.807) is 30.3 Å². The van der Waals surface area contributed by atoms with Gasteiger partial charge in [0.1, 0.15) is 0 Å². The summed E-state index contributed by atoms with van der Waals surface area (Å²) in [5.41, 5.74) is 1.27. The van der Waals surface area contributed by atoms with Gasteiger partial charge in [0.15, 0.2) is 11.5 Å². The third kappa shape index (κ3) is 3.71. The fourth-order valence-electron chi connectivity index (χ4n) is 2.23. The van der Waals surface area contributed by atoms with Crippen LogP contribution in [0, 0.1) is 0 Å². The van der Waals surface area contributed by atoms with E-state index in [1.807, 2.05) is 18.2 Å². The van der Waals surface area contributed by atoms with Crippen molar-refractivity contribution in [1.82, 2.24) is 9.88 Å². The van der Waals surface area contributed by atoms with E-state index in [0.717, 1.165) is 5.69 Å². The van der Waals surface area contributed by atoms with E-state index in [1.165, 1.54) is 21.3 Å². The first-order valence-corrected chi connectivity index (χ1v) is 7.06. The summed E-state index contributed by atoms with van der Waals surface area (Å²) in [6.45, 7) is 0.413. The Bertz CT molecular complexity index is 649. The molecule has 2 rings (SSSR count). The molecule has 1 amide bonds. The molecule has 0 aliphatic rings. The Morgan fingerprint density at radius 3 is 2.22 bits per heavy atom. The van der Waals surface area contributed by atoms with Gasteiger partial charge in [-0.05, 0) is 24.3 Å². The fourth-order valence-corrected chi connectivity index (χ4v) is 2.23. The van der Waals surface area contributed by atoms with E-state index in [4.69, 9.17) is 14.2 Å². The molecular weight excluding hydrogens is 296 g/mol. The Balaban J connectivity index is 2.28. The number of benzene rings is 1. The molecule has 0 aliphatic carbocycles. The number of methoxy groups -OCH3 is 3. The van der Waals surface area contributed by atoms with Crippen molar-refractivity contribution in [3.05, 3.63) is 47.8 Å². The molecule has 23 heavy (non-hydrogen) atoms. The first-order valence-electron chi connectivity index (χ1n) is 7.06. The summed E-state index contributed by atoms with van der Waals surface area (Å²) in [5, 5.41) is 0. The smallest absolute Gasteiger partial charge is 0.254 e. The Morgan fingerprint density at radius 1 is 1.09 bits per heavy atom. The highest BCUT2D eigenvalue weighted by Gasteiger charge is 2.19. The van der Waals surface area contributed by atoms with Crippen molar-refractivity contribution in [3.8, 4) is 17.2 Å². The third-order valence-corrected chi connectivity index (χ3v) is 3.38. The van der Waals surface area contributed by atoms with Crippen molar-refractivity contribution in [1.29, 1.82) is 0 Å². The van der Waals surface area contributed by atoms with E-state index < -0.39 is 0 Å². The van der Waals surface area contributed by atoms with Gasteiger partial charge in [0.25, 0.3) is 5.91 Å². The number of nitrogens with zero attached hydrogens (tertiary/aromatic N) is 2. The predicted molar refractivity (Wildman–Crippen MR) is 86.1 cm³/mol. The van der Waals surface area contributed by atoms with Gasteiger partial charge in [0, 0.05) is 18.8 Å². The summed E-state index contributed by atoms with van der Waals surface area (Å²) in [6, 6.07) is 8.88. The van der Waals surface area contributed by atoms with E-state index in [9.17, 15) is 4.79 Å². The van der Waals surface area contributed by atoms with Crippen LogP contribution in [-0.2, 0) is 6.54 Å². The zero-order chi connectivity index (χ0) is 16.8. The molecule has 0 saturated carbocycles. The number of amides is 1. The first-order chi connectivity index (χ1) is 11.1. The number of carbonyl (C=O) groups is 1. The largest absolute Gasteiger partial charge is 0.493 e. The lowest BCUT2D eigenvalue weighted by Crippen LogP contribution is -2.26. The van der Waals surface area contributed by atoms with Gasteiger partial charge in [-0.2, -0.15) is 0 Å². The lowest BCUT2D eigenvalue weighted by atomic mass is 10.1. The normalized spacial score (nSPS) is 10.1. The molecule has 0 aliphatic heterocycles. The maximum absolute atomic E-state index is 12.6. The van der Waals surface area contributed by atoms with E-state index in [0.29, 0.717) is 29.4 Å². The topological polar surface area (TPSA) is 60.9 Å². The highest BCUT2D eigenvalue weighted by molar-refractivity contribution is 5.95. The van der Waals surface area contributed by atoms with Crippen LogP contribution in [0.4, 0.5) is 0 Å². The van der Waals surface area contributed by atoms with E-state index in [2.05, 4.69) is 4.98 Å². The van der Waals surface area contributed by atoms with Crippen LogP contribution in [0.5, 0.6) is 17.2 Å². The van der Waals surface area contributed by atoms with Gasteiger partial charge in [-0.15, -0.1) is 0 Å². The minimum absolute atomic E-state index is 0.157. The summed E-state index contributed by atoms with van der Waals surface area (Å²) >= 11 is 0. The molecule has 1 aromatic carbocycles. The molecule has 0 bridgehead atoms. The molecule has 0 saturated heterocycles. The third-order valence-electron chi connectivity index (χ3n) is 3.38. The second kappa shape index (κ2) is 7.49. The summed E-state index contributed by atoms with van der Waals surface area (Å²) in [7, 11) is 6.28. The number of pyridine rings is 1. The van der Waals surface area contributed by atoms with Crippen molar-refractivity contribution in [3.63, 3.8) is 0 Å². The van der Waals surface area contributed by atoms with Crippen LogP contribution in [0.15, 0.2) is 36.5 Å². The minimum atomic E-state index is -0.157. The van der Waals surface area contributed by atoms with Gasteiger partial charge in [0.05, 0.1) is 33.6 Å². The van der Waals surface area contributed by atoms with Crippen molar-refractivity contribution < 1.29 is 19.0 Å². The van der Waals surface area contributed by atoms with Crippen LogP contribution in [-0.4, -0.2) is 44.2 Å². The molecule has 2 aromatic rings. The van der Waals surface area contributed by atoms with Crippen LogP contribution < -0.4 is 14.2 Å². The van der Waals surface area contributed by atoms with Crippen molar-refractivity contribution in [2.45, 2.75) is 6.54 Å². The Hall–Kier alpha value is -2.76. The maximum Gasteiger partial charge on any atom is 0.254 e. The molecule has 6 nitrogen and oxygen atoms in total. The first kappa shape index (κ1) is 16.6. The highest BCUT2D eigenvalue weighted by atomic mass is 16.5. The molecule has 122 valence electrons. The SMILES string of the molecule is COc1cc(C(=O)N(C)Cc2ccccn2)cc(OC)c1OC. The van der Waals surface area contributed by atoms with E-state index >= 15 is 0 Å². The minimum Gasteiger partial charge on any atom is -0.493 e. The summed E-state index contributed by atoms with van der Waals surface area (Å²) < 4.78 is 15.8. The molecular formula is C17H20N2O4. The van der Waals surface area contributed by atoms with Crippen molar-refractivity contribution >= 4 is 5.91 Å². The van der Waals surface area contributed by atoms with E-state index in [-0.39, 0.29) is 5.91 Å². The number of hydrogen-bond acceptors (Lipinski definition) is 5. The Kier molecular flexibility index (Phi) is 5.41. The number of hydrogen-bond donors (Lipinski definition) is 0. The summed E-state index contributed by atoms with van der Waals surface area (Å²) in [6.07, 6.45) is 1.70. The molecule has 1 heterocycles. The number of ether oxygens (including phenoxy) is 3. The second-order valence-electron chi connectivity index (χ2n) is 4.90. The number of aromatic nitrogens is 1. The number of carbonyl (C=O) groups excluding carboxylic acids is 1. The van der Waals surface area contributed by atoms with Gasteiger partial charge in [0.2, 0.25) is 5.75 Å². The molecule has 6 heteroatoms. The summed E-state index contributed by atoms with van der Waals surface area (Å²) in [5.74, 6) is 1.19. The molecule has 1 aromatic heterocycles. The molecule has 0 spiro atoms. The Labute approximate surface area is 135 Å². The van der Waals surface area contributed by atoms with Crippen molar-refractivity contribution in [2.75, 3.05) is 28.4 Å². The van der Waals surface area contributed by atoms with Crippen molar-refractivity contribution in [2.24, 2.45) is 0 Å². The molecule has 0 fully saturated rings. The average Bonchev–Trinajstić information content (AvgIpc) is 2.60. The predicted octanol–water partition coefficient (Wildman–Crippen LogP) is 2.38. The van der Waals surface area contributed by atoms with Gasteiger partial charge >= 0.3 is 0 Å². The number of rotatable bonds is 6. The Morgan fingerprint density at radius 2 is 1.74 bits per heavy atom. The monoisotopic (exact) mass is 316 g/mol. The molecule has 0 atom stereocenters. The molecule has 0 N–H and O–H groups in total. The van der Waals surface area contributed by atoms with Crippen LogP contribution in [0.1, 0.15) is 16.1 Å². The lowest BCUT2D eigenvalue weighted by molar-refractivity contribution is 0.0782. The molecule has 0 radical (unpaired) electrons. The van der Waals surface area contributed by atoms with Crippen LogP contribution in [0.3, 0.4) is 0 Å². The second-order valence-corrected chi connectivity index (χ2v) is 4.90. The van der Waals surface area contributed by atoms with Crippen LogP contribution in [0.25, 0.3) is 0 Å². The van der Waals surface area contributed by atoms with Crippen LogP contribution >= 0.6 is 0 Å². The zero-order valence-corrected chi connectivity index (χ0v) is 13.7. The lowest BCUT2D eigenvalue weighted by Gasteiger charge is -2.19. The highest BCUT2D eigenvalue weighted by Crippen LogP contribution is 2.38. The molecule has 0 unspecified atom stereocenters. The van der Waals surface area contributed by atoms with Gasteiger partial charge in [-0.25, -0.2) is 0 Å². The fraction of sp³-hybridized carbons (Fsp3) is 0.294.